The Balaban J connectivity index is -0.000000125. The number of hydrogen-bond donors (Lipinski definition) is 0. The van der Waals surface area contributed by atoms with Crippen molar-refractivity contribution in [3.05, 3.63) is 12.2 Å². The van der Waals surface area contributed by atoms with Crippen molar-refractivity contribution in [1.29, 1.82) is 0 Å². The van der Waals surface area contributed by atoms with Gasteiger partial charge in [-0.3, -0.25) is 0 Å². The van der Waals surface area contributed by atoms with Gasteiger partial charge < -0.3 is 6.22 Å². The van der Waals surface area contributed by atoms with E-state index in [1.54, 1.807) is 0 Å². The van der Waals surface area contributed by atoms with Crippen molar-refractivity contribution in [1.82, 2.24) is 0 Å². The van der Waals surface area contributed by atoms with Gasteiger partial charge in [-0.2, -0.15) is 0 Å². The van der Waals surface area contributed by atoms with Crippen LogP contribution >= 0.6 is 0 Å². The number of carbonyl (C=O) groups excluding carboxylic acids is 1. The Hall–Kier alpha value is 0.00740. The number of aldehydes is 1. The van der Waals surface area contributed by atoms with Crippen molar-refractivity contribution in [2.45, 2.75) is 13.3 Å². The van der Waals surface area contributed by atoms with E-state index in [0.29, 0.717) is 6.42 Å². The van der Waals surface area contributed by atoms with Crippen molar-refractivity contribution in [3.8, 4) is 0 Å². The Labute approximate surface area is 57.5 Å². The summed E-state index contributed by atoms with van der Waals surface area (Å²) in [5.41, 5.74) is 0. The van der Waals surface area contributed by atoms with E-state index in [-0.39, 0.29) is 20.3 Å². The fourth-order valence-corrected chi connectivity index (χ4v) is 0.192. The van der Waals surface area contributed by atoms with Gasteiger partial charge in [0.1, 0.15) is 6.29 Å². The molecule has 0 aliphatic heterocycles. The van der Waals surface area contributed by atoms with Crippen LogP contribution in [0, 0.1) is 0 Å². The monoisotopic (exact) mass is 92.1 g/mol. The molecule has 0 aliphatic rings. The summed E-state index contributed by atoms with van der Waals surface area (Å²) in [4.78, 5) is 9.51. The third-order valence-electron chi connectivity index (χ3n) is 0.468. The van der Waals surface area contributed by atoms with Gasteiger partial charge in [-0.15, -0.1) is 0 Å². The third-order valence-corrected chi connectivity index (χ3v) is 0.468. The van der Waals surface area contributed by atoms with Gasteiger partial charge in [-0.1, -0.05) is 12.2 Å². The van der Waals surface area contributed by atoms with E-state index in [4.69, 9.17) is 0 Å². The molecule has 0 radical (unpaired) electrons. The Morgan fingerprint density at radius 2 is 2.29 bits per heavy atom. The van der Waals surface area contributed by atoms with E-state index < -0.39 is 0 Å². The van der Waals surface area contributed by atoms with Crippen molar-refractivity contribution < 1.29 is 25.1 Å². The van der Waals surface area contributed by atoms with Crippen LogP contribution in [0.4, 0.5) is 0 Å². The smallest absolute Gasteiger partial charge is 1.00 e. The minimum atomic E-state index is 0. The molecule has 0 aliphatic carbocycles. The average molecular weight is 92.1 g/mol. The second-order valence-corrected chi connectivity index (χ2v) is 0.971. The van der Waals surface area contributed by atoms with E-state index in [1.165, 1.54) is 0 Å². The van der Waals surface area contributed by atoms with Crippen molar-refractivity contribution >= 4 is 6.29 Å². The summed E-state index contributed by atoms with van der Waals surface area (Å²) >= 11 is 0. The average Bonchev–Trinajstić information content (AvgIpc) is 1.61. The van der Waals surface area contributed by atoms with Gasteiger partial charge in [0.25, 0.3) is 0 Å². The standard InChI is InChI=1S/C5H8O.Li.H/c1-2-3-4-5-6;;/h2-3,5H,4H2,1H3;;/q;+1;-1. The Bertz CT molecular complexity index is 63.4. The molecule has 7 heavy (non-hydrogen) atoms. The summed E-state index contributed by atoms with van der Waals surface area (Å²) in [7, 11) is 0. The number of rotatable bonds is 2. The summed E-state index contributed by atoms with van der Waals surface area (Å²) in [5.74, 6) is 0. The topological polar surface area (TPSA) is 17.1 Å². The first-order valence-corrected chi connectivity index (χ1v) is 1.96. The van der Waals surface area contributed by atoms with E-state index in [0.717, 1.165) is 6.29 Å². The molecule has 0 aromatic heterocycles. The van der Waals surface area contributed by atoms with Gasteiger partial charge in [-0.05, 0) is 6.92 Å². The number of carbonyl (C=O) groups is 1. The van der Waals surface area contributed by atoms with E-state index in [1.807, 2.05) is 19.1 Å². The van der Waals surface area contributed by atoms with Gasteiger partial charge in [0.15, 0.2) is 0 Å². The molecule has 0 spiro atoms. The molecule has 2 heteroatoms. The summed E-state index contributed by atoms with van der Waals surface area (Å²) in [5, 5.41) is 0. The van der Waals surface area contributed by atoms with Crippen LogP contribution < -0.4 is 18.9 Å². The molecular weight excluding hydrogens is 83.0 g/mol. The Kier molecular flexibility index (Phi) is 13.5. The van der Waals surface area contributed by atoms with Crippen LogP contribution in [-0.2, 0) is 4.79 Å². The van der Waals surface area contributed by atoms with Crippen LogP contribution in [0.25, 0.3) is 0 Å². The maximum atomic E-state index is 9.51. The molecule has 1 nitrogen and oxygen atoms in total. The molecule has 0 fully saturated rings. The second kappa shape index (κ2) is 9.38. The molecule has 0 aromatic rings. The molecular formula is C5H9LiO. The minimum Gasteiger partial charge on any atom is -1.00 e. The predicted molar refractivity (Wildman–Crippen MR) is 26.6 cm³/mol. The van der Waals surface area contributed by atoms with E-state index >= 15 is 0 Å². The first kappa shape index (κ1) is 10.1. The quantitative estimate of drug-likeness (QED) is 0.225. The summed E-state index contributed by atoms with van der Waals surface area (Å²) in [6.07, 6.45) is 5.10. The van der Waals surface area contributed by atoms with Gasteiger partial charge >= 0.3 is 18.9 Å². The van der Waals surface area contributed by atoms with Crippen LogP contribution in [0.2, 0.25) is 0 Å². The van der Waals surface area contributed by atoms with Crippen molar-refractivity contribution in [2.75, 3.05) is 0 Å². The van der Waals surface area contributed by atoms with Gasteiger partial charge in [-0.25, -0.2) is 0 Å². The molecule has 0 atom stereocenters. The van der Waals surface area contributed by atoms with Gasteiger partial charge in [0.2, 0.25) is 0 Å². The Morgan fingerprint density at radius 1 is 1.71 bits per heavy atom. The SMILES string of the molecule is CC=CCC=O.[H-].[Li+]. The number of hydrogen-bond acceptors (Lipinski definition) is 1. The fraction of sp³-hybridized carbons (Fsp3) is 0.400. The van der Waals surface area contributed by atoms with Crippen LogP contribution in [0.5, 0.6) is 0 Å². The molecule has 0 rings (SSSR count). The molecule has 0 bridgehead atoms. The largest absolute Gasteiger partial charge is 1.00 e. The molecule has 0 unspecified atom stereocenters. The summed E-state index contributed by atoms with van der Waals surface area (Å²) in [6, 6.07) is 0. The zero-order valence-corrected chi connectivity index (χ0v) is 4.85. The maximum absolute atomic E-state index is 9.51. The van der Waals surface area contributed by atoms with Crippen molar-refractivity contribution in [2.24, 2.45) is 0 Å². The molecule has 0 heterocycles. The normalized spacial score (nSPS) is 8.14. The molecule has 0 saturated heterocycles. The molecule has 0 N–H and O–H groups in total. The minimum absolute atomic E-state index is 0. The van der Waals surface area contributed by atoms with E-state index in [9.17, 15) is 4.79 Å². The second-order valence-electron chi connectivity index (χ2n) is 0.971. The summed E-state index contributed by atoms with van der Waals surface area (Å²) in [6.45, 7) is 1.89. The predicted octanol–water partition coefficient (Wildman–Crippen LogP) is -1.73. The zero-order valence-electron chi connectivity index (χ0n) is 5.85. The molecule has 0 aromatic carbocycles. The zero-order chi connectivity index (χ0) is 4.83. The Morgan fingerprint density at radius 3 is 2.43 bits per heavy atom. The molecule has 0 amide bonds. The van der Waals surface area contributed by atoms with Gasteiger partial charge in [0.05, 0.1) is 0 Å². The van der Waals surface area contributed by atoms with E-state index in [2.05, 4.69) is 0 Å². The molecule has 0 saturated carbocycles. The summed E-state index contributed by atoms with van der Waals surface area (Å²) < 4.78 is 0. The van der Waals surface area contributed by atoms with Gasteiger partial charge in [0, 0.05) is 6.42 Å². The van der Waals surface area contributed by atoms with Crippen molar-refractivity contribution in [3.63, 3.8) is 0 Å². The van der Waals surface area contributed by atoms with Crippen LogP contribution in [0.15, 0.2) is 12.2 Å². The van der Waals surface area contributed by atoms with Crippen LogP contribution in [0.3, 0.4) is 0 Å². The first-order valence-electron chi connectivity index (χ1n) is 1.96. The first-order chi connectivity index (χ1) is 2.91. The van der Waals surface area contributed by atoms with Crippen LogP contribution in [0.1, 0.15) is 14.8 Å². The third kappa shape index (κ3) is 10.7. The van der Waals surface area contributed by atoms with Crippen LogP contribution in [-0.4, -0.2) is 6.29 Å². The number of allylic oxidation sites excluding steroid dienone is 2. The maximum Gasteiger partial charge on any atom is 1.00 e. The molecule has 36 valence electrons. The fourth-order valence-electron chi connectivity index (χ4n) is 0.192.